The molecule has 92 valence electrons. The number of carbonyl (C=O) groups excluding carboxylic acids is 1. The van der Waals surface area contributed by atoms with Crippen LogP contribution >= 0.6 is 11.6 Å². The van der Waals surface area contributed by atoms with E-state index in [0.717, 1.165) is 0 Å². The Bertz CT molecular complexity index is 448. The summed E-state index contributed by atoms with van der Waals surface area (Å²) in [4.78, 5) is 21.5. The predicted octanol–water partition coefficient (Wildman–Crippen LogP) is 1.25. The second-order valence-corrected chi connectivity index (χ2v) is 4.05. The molecule has 1 rings (SSSR count). The smallest absolute Gasteiger partial charge is 0.320 e. The third-order valence-corrected chi connectivity index (χ3v) is 2.44. The Morgan fingerprint density at radius 3 is 2.71 bits per heavy atom. The molecule has 0 aliphatic heterocycles. The summed E-state index contributed by atoms with van der Waals surface area (Å²) in [5.74, 6) is -1.31. The van der Waals surface area contributed by atoms with Crippen LogP contribution in [-0.4, -0.2) is 23.0 Å². The molecule has 1 amide bonds. The zero-order chi connectivity index (χ0) is 13.0. The number of nitrogens with one attached hydrogen (secondary N) is 1. The molecule has 1 aromatic rings. The van der Waals surface area contributed by atoms with Crippen molar-refractivity contribution in [2.75, 3.05) is 5.32 Å². The third-order valence-electron chi connectivity index (χ3n) is 2.11. The Kier molecular flexibility index (Phi) is 4.48. The minimum Gasteiger partial charge on any atom is -0.480 e. The van der Waals surface area contributed by atoms with Crippen molar-refractivity contribution in [3.05, 3.63) is 28.8 Å². The van der Waals surface area contributed by atoms with Gasteiger partial charge in [-0.2, -0.15) is 0 Å². The van der Waals surface area contributed by atoms with Crippen molar-refractivity contribution in [2.45, 2.75) is 19.4 Å². The number of benzene rings is 1. The summed E-state index contributed by atoms with van der Waals surface area (Å²) in [6.45, 7) is 1.37. The minimum atomic E-state index is -1.07. The van der Waals surface area contributed by atoms with Gasteiger partial charge in [0.05, 0.1) is 10.7 Å². The van der Waals surface area contributed by atoms with Crippen LogP contribution in [0.4, 0.5) is 5.69 Å². The summed E-state index contributed by atoms with van der Waals surface area (Å²) in [5, 5.41) is 11.6. The maximum Gasteiger partial charge on any atom is 0.320 e. The molecular weight excluding hydrogens is 244 g/mol. The highest BCUT2D eigenvalue weighted by atomic mass is 35.5. The van der Waals surface area contributed by atoms with E-state index in [4.69, 9.17) is 22.4 Å². The summed E-state index contributed by atoms with van der Waals surface area (Å²) in [7, 11) is 0. The molecule has 0 aliphatic carbocycles. The Morgan fingerprint density at radius 1 is 1.53 bits per heavy atom. The van der Waals surface area contributed by atoms with Gasteiger partial charge in [-0.1, -0.05) is 17.7 Å². The largest absolute Gasteiger partial charge is 0.480 e. The van der Waals surface area contributed by atoms with Gasteiger partial charge < -0.3 is 16.2 Å². The molecule has 0 saturated carbocycles. The summed E-state index contributed by atoms with van der Waals surface area (Å²) in [6, 6.07) is 3.92. The van der Waals surface area contributed by atoms with E-state index in [1.54, 1.807) is 18.2 Å². The first-order valence-electron chi connectivity index (χ1n) is 4.94. The van der Waals surface area contributed by atoms with Crippen molar-refractivity contribution in [3.8, 4) is 0 Å². The van der Waals surface area contributed by atoms with E-state index < -0.39 is 12.0 Å². The number of halogens is 1. The second kappa shape index (κ2) is 5.65. The van der Waals surface area contributed by atoms with Crippen molar-refractivity contribution < 1.29 is 14.7 Å². The molecule has 0 bridgehead atoms. The van der Waals surface area contributed by atoms with Crippen molar-refractivity contribution in [1.82, 2.24) is 0 Å². The molecule has 0 spiro atoms. The van der Waals surface area contributed by atoms with Crippen LogP contribution in [0.1, 0.15) is 12.5 Å². The van der Waals surface area contributed by atoms with E-state index in [1.165, 1.54) is 6.92 Å². The van der Waals surface area contributed by atoms with Gasteiger partial charge in [-0.05, 0) is 24.1 Å². The van der Waals surface area contributed by atoms with Gasteiger partial charge in [-0.3, -0.25) is 9.59 Å². The first-order chi connectivity index (χ1) is 7.90. The highest BCUT2D eigenvalue weighted by Gasteiger charge is 2.13. The predicted molar refractivity (Wildman–Crippen MR) is 65.1 cm³/mol. The van der Waals surface area contributed by atoms with Crippen LogP contribution in [-0.2, 0) is 16.0 Å². The van der Waals surface area contributed by atoms with Gasteiger partial charge in [-0.15, -0.1) is 0 Å². The van der Waals surface area contributed by atoms with E-state index in [9.17, 15) is 9.59 Å². The minimum absolute atomic E-state index is 0.180. The molecule has 0 radical (unpaired) electrons. The SMILES string of the molecule is CC(=O)Nc1cc(C[C@H](N)C(=O)O)ccc1Cl. The Balaban J connectivity index is 2.88. The molecule has 0 aromatic heterocycles. The first-order valence-corrected chi connectivity index (χ1v) is 5.32. The molecular formula is C11H13ClN2O3. The summed E-state index contributed by atoms with van der Waals surface area (Å²) in [6.07, 6.45) is 0.180. The van der Waals surface area contributed by atoms with Gasteiger partial charge >= 0.3 is 5.97 Å². The van der Waals surface area contributed by atoms with Crippen LogP contribution in [0.25, 0.3) is 0 Å². The van der Waals surface area contributed by atoms with Gasteiger partial charge in [0.15, 0.2) is 0 Å². The number of rotatable bonds is 4. The van der Waals surface area contributed by atoms with Crippen LogP contribution < -0.4 is 11.1 Å². The van der Waals surface area contributed by atoms with Gasteiger partial charge in [0.25, 0.3) is 0 Å². The molecule has 0 aliphatic rings. The van der Waals surface area contributed by atoms with Crippen molar-refractivity contribution >= 4 is 29.2 Å². The lowest BCUT2D eigenvalue weighted by molar-refractivity contribution is -0.138. The van der Waals surface area contributed by atoms with Gasteiger partial charge in [0.2, 0.25) is 5.91 Å². The fourth-order valence-electron chi connectivity index (χ4n) is 1.33. The number of aliphatic carboxylic acids is 1. The molecule has 17 heavy (non-hydrogen) atoms. The summed E-state index contributed by atoms with van der Waals surface area (Å²) < 4.78 is 0. The quantitative estimate of drug-likeness (QED) is 0.756. The average Bonchev–Trinajstić information content (AvgIpc) is 2.22. The first kappa shape index (κ1) is 13.5. The molecule has 6 heteroatoms. The van der Waals surface area contributed by atoms with E-state index in [0.29, 0.717) is 16.3 Å². The number of carbonyl (C=O) groups is 2. The number of hydrogen-bond acceptors (Lipinski definition) is 3. The zero-order valence-corrected chi connectivity index (χ0v) is 9.99. The molecule has 0 heterocycles. The maximum absolute atomic E-state index is 10.9. The fourth-order valence-corrected chi connectivity index (χ4v) is 1.49. The summed E-state index contributed by atoms with van der Waals surface area (Å²) in [5.41, 5.74) is 6.57. The highest BCUT2D eigenvalue weighted by molar-refractivity contribution is 6.33. The lowest BCUT2D eigenvalue weighted by atomic mass is 10.1. The number of hydrogen-bond donors (Lipinski definition) is 3. The van der Waals surface area contributed by atoms with E-state index >= 15 is 0 Å². The molecule has 0 unspecified atom stereocenters. The van der Waals surface area contributed by atoms with Crippen molar-refractivity contribution in [2.24, 2.45) is 5.73 Å². The van der Waals surface area contributed by atoms with Crippen molar-refractivity contribution in [1.29, 1.82) is 0 Å². The van der Waals surface area contributed by atoms with Crippen LogP contribution in [0.15, 0.2) is 18.2 Å². The standard InChI is InChI=1S/C11H13ClN2O3/c1-6(15)14-10-5-7(2-3-8(10)12)4-9(13)11(16)17/h2-3,5,9H,4,13H2,1H3,(H,14,15)(H,16,17)/t9-/m0/s1. The van der Waals surface area contributed by atoms with E-state index in [2.05, 4.69) is 5.32 Å². The van der Waals surface area contributed by atoms with E-state index in [1.807, 2.05) is 0 Å². The number of nitrogens with two attached hydrogens (primary N) is 1. The zero-order valence-electron chi connectivity index (χ0n) is 9.24. The molecule has 5 nitrogen and oxygen atoms in total. The maximum atomic E-state index is 10.9. The molecule has 1 atom stereocenters. The van der Waals surface area contributed by atoms with Crippen molar-refractivity contribution in [3.63, 3.8) is 0 Å². The van der Waals surface area contributed by atoms with Crippen LogP contribution in [0.3, 0.4) is 0 Å². The second-order valence-electron chi connectivity index (χ2n) is 3.64. The van der Waals surface area contributed by atoms with Crippen LogP contribution in [0.5, 0.6) is 0 Å². The number of carboxylic acids is 1. The summed E-state index contributed by atoms with van der Waals surface area (Å²) >= 11 is 5.88. The Hall–Kier alpha value is -1.59. The monoisotopic (exact) mass is 256 g/mol. The topological polar surface area (TPSA) is 92.4 Å². The normalized spacial score (nSPS) is 11.9. The van der Waals surface area contributed by atoms with Crippen LogP contribution in [0.2, 0.25) is 5.02 Å². The molecule has 0 saturated heterocycles. The number of amides is 1. The van der Waals surface area contributed by atoms with Crippen LogP contribution in [0, 0.1) is 0 Å². The molecule has 4 N–H and O–H groups in total. The Labute approximate surface area is 104 Å². The highest BCUT2D eigenvalue weighted by Crippen LogP contribution is 2.23. The molecule has 1 aromatic carbocycles. The average molecular weight is 257 g/mol. The van der Waals surface area contributed by atoms with Gasteiger partial charge in [-0.25, -0.2) is 0 Å². The van der Waals surface area contributed by atoms with E-state index in [-0.39, 0.29) is 12.3 Å². The Morgan fingerprint density at radius 2 is 2.18 bits per heavy atom. The van der Waals surface area contributed by atoms with Gasteiger partial charge in [0.1, 0.15) is 6.04 Å². The lowest BCUT2D eigenvalue weighted by Gasteiger charge is -2.10. The third kappa shape index (κ3) is 4.05. The number of anilines is 1. The lowest BCUT2D eigenvalue weighted by Crippen LogP contribution is -2.32. The molecule has 0 fully saturated rings. The van der Waals surface area contributed by atoms with Gasteiger partial charge in [0, 0.05) is 6.92 Å². The number of carboxylic acid groups (broad SMARTS) is 1. The fraction of sp³-hybridized carbons (Fsp3) is 0.273.